The van der Waals surface area contributed by atoms with Crippen molar-refractivity contribution < 1.29 is 4.79 Å². The van der Waals surface area contributed by atoms with E-state index in [0.29, 0.717) is 17.9 Å². The molecular formula is C9H16N4O. The number of nitrogens with two attached hydrogens (primary N) is 2. The highest BCUT2D eigenvalue weighted by Crippen LogP contribution is 2.18. The van der Waals surface area contributed by atoms with E-state index >= 15 is 0 Å². The van der Waals surface area contributed by atoms with E-state index in [4.69, 9.17) is 11.5 Å². The van der Waals surface area contributed by atoms with Gasteiger partial charge in [0, 0.05) is 6.54 Å². The van der Waals surface area contributed by atoms with Gasteiger partial charge in [0.25, 0.3) is 5.91 Å². The molecular weight excluding hydrogens is 180 g/mol. The maximum Gasteiger partial charge on any atom is 0.269 e. The third kappa shape index (κ3) is 1.71. The number of anilines is 1. The molecule has 1 rings (SSSR count). The van der Waals surface area contributed by atoms with Gasteiger partial charge >= 0.3 is 0 Å². The fraction of sp³-hybridized carbons (Fsp3) is 0.556. The molecule has 0 unspecified atom stereocenters. The monoisotopic (exact) mass is 196 g/mol. The molecule has 1 aromatic heterocycles. The molecule has 0 saturated carbocycles. The Labute approximate surface area is 83.1 Å². The molecule has 1 amide bonds. The van der Waals surface area contributed by atoms with Crippen LogP contribution >= 0.6 is 0 Å². The molecule has 78 valence electrons. The highest BCUT2D eigenvalue weighted by atomic mass is 16.1. The summed E-state index contributed by atoms with van der Waals surface area (Å²) in [6, 6.07) is 0. The van der Waals surface area contributed by atoms with E-state index in [-0.39, 0.29) is 0 Å². The lowest BCUT2D eigenvalue weighted by atomic mass is 10.2. The number of nitrogen functional groups attached to an aromatic ring is 1. The van der Waals surface area contributed by atoms with Crippen molar-refractivity contribution in [2.75, 3.05) is 5.73 Å². The topological polar surface area (TPSA) is 86.9 Å². The molecule has 0 saturated heterocycles. The quantitative estimate of drug-likeness (QED) is 0.736. The van der Waals surface area contributed by atoms with Gasteiger partial charge in [0.1, 0.15) is 5.69 Å². The Bertz CT molecular complexity index is 343. The number of primary amides is 1. The number of aryl methyl sites for hydroxylation is 2. The van der Waals surface area contributed by atoms with Gasteiger partial charge in [-0.2, -0.15) is 5.10 Å². The first-order chi connectivity index (χ1) is 6.61. The SMILES string of the molecule is CCCc1nn(CC)c(C(N)=O)c1N. The van der Waals surface area contributed by atoms with E-state index in [1.165, 1.54) is 0 Å². The Hall–Kier alpha value is -1.52. The first-order valence-corrected chi connectivity index (χ1v) is 4.76. The second-order valence-electron chi connectivity index (χ2n) is 3.14. The summed E-state index contributed by atoms with van der Waals surface area (Å²) in [6.07, 6.45) is 1.72. The second-order valence-corrected chi connectivity index (χ2v) is 3.14. The molecule has 5 heteroatoms. The summed E-state index contributed by atoms with van der Waals surface area (Å²) in [5.74, 6) is -0.515. The summed E-state index contributed by atoms with van der Waals surface area (Å²) in [5.41, 5.74) is 12.5. The Morgan fingerprint density at radius 1 is 1.50 bits per heavy atom. The summed E-state index contributed by atoms with van der Waals surface area (Å²) in [7, 11) is 0. The number of hydrogen-bond acceptors (Lipinski definition) is 3. The van der Waals surface area contributed by atoms with Crippen LogP contribution in [0.25, 0.3) is 0 Å². The van der Waals surface area contributed by atoms with Crippen molar-refractivity contribution in [1.29, 1.82) is 0 Å². The highest BCUT2D eigenvalue weighted by molar-refractivity contribution is 5.96. The average Bonchev–Trinajstić information content (AvgIpc) is 2.44. The third-order valence-corrected chi connectivity index (χ3v) is 2.09. The Kier molecular flexibility index (Phi) is 3.11. The minimum absolute atomic E-state index is 0.330. The average molecular weight is 196 g/mol. The van der Waals surface area contributed by atoms with Gasteiger partial charge in [-0.05, 0) is 13.3 Å². The zero-order chi connectivity index (χ0) is 10.7. The lowest BCUT2D eigenvalue weighted by molar-refractivity contribution is 0.0991. The van der Waals surface area contributed by atoms with Crippen LogP contribution in [0, 0.1) is 0 Å². The minimum atomic E-state index is -0.515. The zero-order valence-corrected chi connectivity index (χ0v) is 8.58. The Balaban J connectivity index is 3.18. The van der Waals surface area contributed by atoms with Gasteiger partial charge in [-0.1, -0.05) is 13.3 Å². The van der Waals surface area contributed by atoms with Crippen LogP contribution in [-0.2, 0) is 13.0 Å². The zero-order valence-electron chi connectivity index (χ0n) is 8.58. The first-order valence-electron chi connectivity index (χ1n) is 4.76. The van der Waals surface area contributed by atoms with Gasteiger partial charge in [0.05, 0.1) is 11.4 Å². The molecule has 0 aliphatic carbocycles. The molecule has 0 bridgehead atoms. The molecule has 0 aliphatic heterocycles. The second kappa shape index (κ2) is 4.13. The molecule has 1 heterocycles. The van der Waals surface area contributed by atoms with Crippen LogP contribution in [-0.4, -0.2) is 15.7 Å². The van der Waals surface area contributed by atoms with Crippen molar-refractivity contribution in [3.8, 4) is 0 Å². The van der Waals surface area contributed by atoms with Crippen LogP contribution in [0.1, 0.15) is 36.5 Å². The van der Waals surface area contributed by atoms with Gasteiger partial charge in [-0.25, -0.2) is 0 Å². The number of nitrogens with zero attached hydrogens (tertiary/aromatic N) is 2. The van der Waals surface area contributed by atoms with E-state index in [0.717, 1.165) is 18.5 Å². The largest absolute Gasteiger partial charge is 0.395 e. The molecule has 0 atom stereocenters. The van der Waals surface area contributed by atoms with Crippen LogP contribution in [0.15, 0.2) is 0 Å². The highest BCUT2D eigenvalue weighted by Gasteiger charge is 2.17. The number of rotatable bonds is 4. The third-order valence-electron chi connectivity index (χ3n) is 2.09. The maximum atomic E-state index is 11.1. The maximum absolute atomic E-state index is 11.1. The lowest BCUT2D eigenvalue weighted by Gasteiger charge is -1.99. The summed E-state index contributed by atoms with van der Waals surface area (Å²) in [5, 5.41) is 4.23. The van der Waals surface area contributed by atoms with Crippen molar-refractivity contribution >= 4 is 11.6 Å². The van der Waals surface area contributed by atoms with Gasteiger partial charge in [0.2, 0.25) is 0 Å². The van der Waals surface area contributed by atoms with E-state index in [1.54, 1.807) is 4.68 Å². The summed E-state index contributed by atoms with van der Waals surface area (Å²) in [4.78, 5) is 11.1. The fourth-order valence-electron chi connectivity index (χ4n) is 1.44. The normalized spacial score (nSPS) is 10.4. The molecule has 5 nitrogen and oxygen atoms in total. The van der Waals surface area contributed by atoms with E-state index in [2.05, 4.69) is 5.10 Å². The van der Waals surface area contributed by atoms with Crippen molar-refractivity contribution in [2.45, 2.75) is 33.2 Å². The molecule has 0 spiro atoms. The van der Waals surface area contributed by atoms with E-state index in [1.807, 2.05) is 13.8 Å². The van der Waals surface area contributed by atoms with Gasteiger partial charge in [-0.15, -0.1) is 0 Å². The van der Waals surface area contributed by atoms with Crippen molar-refractivity contribution in [1.82, 2.24) is 9.78 Å². The molecule has 0 fully saturated rings. The Morgan fingerprint density at radius 2 is 2.14 bits per heavy atom. The smallest absolute Gasteiger partial charge is 0.269 e. The Morgan fingerprint density at radius 3 is 2.50 bits per heavy atom. The van der Waals surface area contributed by atoms with Crippen LogP contribution in [0.4, 0.5) is 5.69 Å². The molecule has 0 aromatic carbocycles. The van der Waals surface area contributed by atoms with E-state index in [9.17, 15) is 4.79 Å². The van der Waals surface area contributed by atoms with Crippen LogP contribution < -0.4 is 11.5 Å². The summed E-state index contributed by atoms with van der Waals surface area (Å²) < 4.78 is 1.56. The number of carbonyl (C=O) groups excluding carboxylic acids is 1. The molecule has 14 heavy (non-hydrogen) atoms. The van der Waals surface area contributed by atoms with E-state index < -0.39 is 5.91 Å². The number of amides is 1. The number of hydrogen-bond donors (Lipinski definition) is 2. The van der Waals surface area contributed by atoms with Crippen molar-refractivity contribution in [2.24, 2.45) is 5.73 Å². The summed E-state index contributed by atoms with van der Waals surface area (Å²) >= 11 is 0. The van der Waals surface area contributed by atoms with Crippen molar-refractivity contribution in [3.05, 3.63) is 11.4 Å². The summed E-state index contributed by atoms with van der Waals surface area (Å²) in [6.45, 7) is 4.54. The predicted octanol–water partition coefficient (Wildman–Crippen LogP) is 0.537. The lowest BCUT2D eigenvalue weighted by Crippen LogP contribution is -2.18. The molecule has 4 N–H and O–H groups in total. The number of aromatic nitrogens is 2. The molecule has 1 aromatic rings. The first kappa shape index (κ1) is 10.6. The minimum Gasteiger partial charge on any atom is -0.395 e. The predicted molar refractivity (Wildman–Crippen MR) is 54.8 cm³/mol. The van der Waals surface area contributed by atoms with Crippen molar-refractivity contribution in [3.63, 3.8) is 0 Å². The van der Waals surface area contributed by atoms with Crippen LogP contribution in [0.5, 0.6) is 0 Å². The van der Waals surface area contributed by atoms with Gasteiger partial charge in [0.15, 0.2) is 0 Å². The molecule has 0 aliphatic rings. The van der Waals surface area contributed by atoms with Gasteiger partial charge in [-0.3, -0.25) is 9.48 Å². The van der Waals surface area contributed by atoms with Crippen LogP contribution in [0.2, 0.25) is 0 Å². The molecule has 0 radical (unpaired) electrons. The van der Waals surface area contributed by atoms with Crippen LogP contribution in [0.3, 0.4) is 0 Å². The van der Waals surface area contributed by atoms with Gasteiger partial charge < -0.3 is 11.5 Å². The standard InChI is InChI=1S/C9H16N4O/c1-3-5-6-7(10)8(9(11)14)13(4-2)12-6/h3-5,10H2,1-2H3,(H2,11,14). The fourth-order valence-corrected chi connectivity index (χ4v) is 1.44. The number of carbonyl (C=O) groups is 1.